The molecule has 0 fully saturated rings. The molecule has 0 unspecified atom stereocenters. The highest BCUT2D eigenvalue weighted by atomic mass is 16.5. The summed E-state index contributed by atoms with van der Waals surface area (Å²) < 4.78 is 5.62. The van der Waals surface area contributed by atoms with Crippen LogP contribution >= 0.6 is 0 Å². The second kappa shape index (κ2) is 10.1. The van der Waals surface area contributed by atoms with Gasteiger partial charge in [-0.3, -0.25) is 19.3 Å². The van der Waals surface area contributed by atoms with Gasteiger partial charge >= 0.3 is 6.03 Å². The van der Waals surface area contributed by atoms with Gasteiger partial charge in [-0.1, -0.05) is 30.3 Å². The molecule has 0 saturated heterocycles. The van der Waals surface area contributed by atoms with Crippen molar-refractivity contribution >= 4 is 29.4 Å². The Morgan fingerprint density at radius 1 is 0.914 bits per heavy atom. The molecule has 9 nitrogen and oxygen atoms in total. The van der Waals surface area contributed by atoms with Crippen molar-refractivity contribution in [3.8, 4) is 5.75 Å². The third-order valence-electron chi connectivity index (χ3n) is 5.48. The van der Waals surface area contributed by atoms with Crippen molar-refractivity contribution in [3.05, 3.63) is 94.5 Å². The first kappa shape index (κ1) is 23.5. The maximum absolute atomic E-state index is 13.0. The van der Waals surface area contributed by atoms with Gasteiger partial charge in [0, 0.05) is 12.2 Å². The number of carbonyl (C=O) groups excluding carboxylic acids is 4. The Morgan fingerprint density at radius 2 is 1.54 bits per heavy atom. The lowest BCUT2D eigenvalue weighted by Gasteiger charge is -2.16. The number of imide groups is 1. The number of anilines is 1. The molecule has 9 heteroatoms. The van der Waals surface area contributed by atoms with Gasteiger partial charge in [-0.05, 0) is 54.4 Å². The summed E-state index contributed by atoms with van der Waals surface area (Å²) in [6.07, 6.45) is 0. The summed E-state index contributed by atoms with van der Waals surface area (Å²) in [7, 11) is 0. The normalized spacial score (nSPS) is 12.3. The van der Waals surface area contributed by atoms with E-state index in [9.17, 15) is 19.2 Å². The Kier molecular flexibility index (Phi) is 6.77. The Morgan fingerprint density at radius 3 is 2.14 bits per heavy atom. The van der Waals surface area contributed by atoms with E-state index in [1.54, 1.807) is 66.7 Å². The van der Waals surface area contributed by atoms with Gasteiger partial charge in [0.05, 0.1) is 29.8 Å². The topological polar surface area (TPSA) is 131 Å². The van der Waals surface area contributed by atoms with Crippen molar-refractivity contribution in [2.45, 2.75) is 20.0 Å². The van der Waals surface area contributed by atoms with Crippen LogP contribution in [-0.4, -0.2) is 35.3 Å². The van der Waals surface area contributed by atoms with Crippen molar-refractivity contribution in [2.75, 3.05) is 11.9 Å². The highest BCUT2D eigenvalue weighted by molar-refractivity contribution is 6.21. The van der Waals surface area contributed by atoms with E-state index in [4.69, 9.17) is 10.5 Å². The minimum atomic E-state index is -0.657. The molecule has 0 saturated carbocycles. The highest BCUT2D eigenvalue weighted by Gasteiger charge is 2.35. The summed E-state index contributed by atoms with van der Waals surface area (Å²) in [5.74, 6) is -0.686. The molecule has 1 aliphatic heterocycles. The monoisotopic (exact) mass is 472 g/mol. The number of nitrogens with zero attached hydrogens (tertiary/aromatic N) is 1. The second-order valence-electron chi connectivity index (χ2n) is 7.87. The fourth-order valence-corrected chi connectivity index (χ4v) is 3.83. The van der Waals surface area contributed by atoms with E-state index >= 15 is 0 Å². The van der Waals surface area contributed by atoms with Gasteiger partial charge in [-0.25, -0.2) is 4.79 Å². The van der Waals surface area contributed by atoms with Gasteiger partial charge in [0.15, 0.2) is 0 Å². The van der Waals surface area contributed by atoms with Crippen LogP contribution in [0.3, 0.4) is 0 Å². The van der Waals surface area contributed by atoms with E-state index in [-0.39, 0.29) is 30.8 Å². The molecule has 3 aromatic rings. The number of urea groups is 1. The molecular weight excluding hydrogens is 448 g/mol. The number of hydrogen-bond acceptors (Lipinski definition) is 5. The summed E-state index contributed by atoms with van der Waals surface area (Å²) >= 11 is 0. The Labute approximate surface area is 201 Å². The molecule has 0 atom stereocenters. The zero-order valence-corrected chi connectivity index (χ0v) is 19.0. The lowest BCUT2D eigenvalue weighted by molar-refractivity contribution is 0.0642. The van der Waals surface area contributed by atoms with Gasteiger partial charge in [0.25, 0.3) is 17.7 Å². The van der Waals surface area contributed by atoms with Crippen LogP contribution in [0.25, 0.3) is 0 Å². The fourth-order valence-electron chi connectivity index (χ4n) is 3.83. The van der Waals surface area contributed by atoms with Crippen molar-refractivity contribution in [2.24, 2.45) is 5.73 Å². The van der Waals surface area contributed by atoms with Gasteiger partial charge in [-0.2, -0.15) is 0 Å². The zero-order chi connectivity index (χ0) is 24.9. The van der Waals surface area contributed by atoms with Crippen molar-refractivity contribution in [1.82, 2.24) is 10.2 Å². The minimum absolute atomic E-state index is 0.0351. The lowest BCUT2D eigenvalue weighted by atomic mass is 10.1. The van der Waals surface area contributed by atoms with E-state index in [0.29, 0.717) is 40.3 Å². The molecule has 0 aliphatic carbocycles. The molecular formula is C26H24N4O5. The van der Waals surface area contributed by atoms with Gasteiger partial charge in [-0.15, -0.1) is 0 Å². The van der Waals surface area contributed by atoms with Crippen LogP contribution in [0, 0.1) is 0 Å². The van der Waals surface area contributed by atoms with Crippen LogP contribution in [-0.2, 0) is 13.1 Å². The molecule has 178 valence electrons. The van der Waals surface area contributed by atoms with E-state index in [1.807, 2.05) is 6.92 Å². The fraction of sp³-hybridized carbons (Fsp3) is 0.154. The molecule has 0 radical (unpaired) electrons. The van der Waals surface area contributed by atoms with Crippen LogP contribution in [0.2, 0.25) is 0 Å². The van der Waals surface area contributed by atoms with Crippen LogP contribution in [0.4, 0.5) is 10.5 Å². The SMILES string of the molecule is CCOc1ccc(CN2C(=O)c3ccccc3C2=O)cc1C(=O)NCc1ccc(NC(N)=O)cc1. The number of fused-ring (bicyclic) bond motifs is 1. The standard InChI is InChI=1S/C26H24N4O5/c1-2-35-22-12-9-17(15-30-24(32)19-5-3-4-6-20(19)25(30)33)13-21(22)23(31)28-14-16-7-10-18(11-8-16)29-26(27)34/h3-13H,2,14-15H2,1H3,(H,28,31)(H3,27,29,34). The van der Waals surface area contributed by atoms with Crippen molar-refractivity contribution in [1.29, 1.82) is 0 Å². The summed E-state index contributed by atoms with van der Waals surface area (Å²) in [6, 6.07) is 17.9. The van der Waals surface area contributed by atoms with Crippen LogP contribution in [0.1, 0.15) is 49.1 Å². The third-order valence-corrected chi connectivity index (χ3v) is 5.48. The first-order chi connectivity index (χ1) is 16.9. The summed E-state index contributed by atoms with van der Waals surface area (Å²) in [5, 5.41) is 5.32. The number of carbonyl (C=O) groups is 4. The van der Waals surface area contributed by atoms with Crippen molar-refractivity contribution in [3.63, 3.8) is 0 Å². The largest absolute Gasteiger partial charge is 0.493 e. The number of benzene rings is 3. The number of amides is 5. The number of nitrogens with one attached hydrogen (secondary N) is 2. The minimum Gasteiger partial charge on any atom is -0.493 e. The quantitative estimate of drug-likeness (QED) is 0.433. The van der Waals surface area contributed by atoms with Gasteiger partial charge < -0.3 is 21.1 Å². The summed E-state index contributed by atoms with van der Waals surface area (Å²) in [6.45, 7) is 2.46. The maximum Gasteiger partial charge on any atom is 0.316 e. The number of rotatable bonds is 8. The first-order valence-corrected chi connectivity index (χ1v) is 11.0. The molecule has 0 aromatic heterocycles. The van der Waals surface area contributed by atoms with Crippen LogP contribution in [0.15, 0.2) is 66.7 Å². The lowest BCUT2D eigenvalue weighted by Crippen LogP contribution is -2.29. The molecule has 5 amide bonds. The Hall–Kier alpha value is -4.66. The Bertz CT molecular complexity index is 1270. The number of primary amides is 1. The van der Waals surface area contributed by atoms with Crippen LogP contribution in [0.5, 0.6) is 5.75 Å². The smallest absolute Gasteiger partial charge is 0.316 e. The molecule has 4 N–H and O–H groups in total. The highest BCUT2D eigenvalue weighted by Crippen LogP contribution is 2.26. The maximum atomic E-state index is 13.0. The van der Waals surface area contributed by atoms with Gasteiger partial charge in [0.2, 0.25) is 0 Å². The second-order valence-corrected chi connectivity index (χ2v) is 7.87. The predicted octanol–water partition coefficient (Wildman–Crippen LogP) is 3.30. The van der Waals surface area contributed by atoms with Crippen LogP contribution < -0.4 is 21.1 Å². The number of nitrogens with two attached hydrogens (primary N) is 1. The number of ether oxygens (including phenoxy) is 1. The van der Waals surface area contributed by atoms with E-state index in [1.165, 1.54) is 4.90 Å². The zero-order valence-electron chi connectivity index (χ0n) is 19.0. The molecule has 0 spiro atoms. The summed E-state index contributed by atoms with van der Waals surface area (Å²) in [4.78, 5) is 50.5. The molecule has 35 heavy (non-hydrogen) atoms. The average molecular weight is 473 g/mol. The molecule has 1 heterocycles. The van der Waals surface area contributed by atoms with E-state index < -0.39 is 6.03 Å². The first-order valence-electron chi connectivity index (χ1n) is 11.0. The molecule has 1 aliphatic rings. The molecule has 4 rings (SSSR count). The average Bonchev–Trinajstić information content (AvgIpc) is 3.09. The van der Waals surface area contributed by atoms with Gasteiger partial charge in [0.1, 0.15) is 5.75 Å². The Balaban J connectivity index is 1.49. The summed E-state index contributed by atoms with van der Waals surface area (Å²) in [5.41, 5.74) is 8.13. The predicted molar refractivity (Wildman–Crippen MR) is 129 cm³/mol. The van der Waals surface area contributed by atoms with E-state index in [2.05, 4.69) is 10.6 Å². The molecule has 0 bridgehead atoms. The number of hydrogen-bond donors (Lipinski definition) is 3. The van der Waals surface area contributed by atoms with Crippen molar-refractivity contribution < 1.29 is 23.9 Å². The van der Waals surface area contributed by atoms with E-state index in [0.717, 1.165) is 5.56 Å². The third kappa shape index (κ3) is 5.14. The molecule has 3 aromatic carbocycles.